The quantitative estimate of drug-likeness (QED) is 0.529. The van der Waals surface area contributed by atoms with Crippen LogP contribution in [0.15, 0.2) is 24.3 Å². The Morgan fingerprint density at radius 1 is 1.27 bits per heavy atom. The number of carbonyl (C=O) groups excluding carboxylic acids is 1. The molecule has 124 valence electrons. The molecule has 4 heteroatoms. The van der Waals surface area contributed by atoms with Crippen LogP contribution in [0.4, 0.5) is 0 Å². The van der Waals surface area contributed by atoms with E-state index in [-0.39, 0.29) is 11.7 Å². The van der Waals surface area contributed by atoms with Crippen molar-refractivity contribution in [2.24, 2.45) is 5.92 Å². The first-order valence-corrected chi connectivity index (χ1v) is 8.09. The predicted molar refractivity (Wildman–Crippen MR) is 86.9 cm³/mol. The first-order chi connectivity index (χ1) is 10.5. The van der Waals surface area contributed by atoms with E-state index >= 15 is 0 Å². The minimum absolute atomic E-state index is 0.192. The van der Waals surface area contributed by atoms with Gasteiger partial charge in [-0.3, -0.25) is 0 Å². The Hall–Kier alpha value is -1.55. The van der Waals surface area contributed by atoms with Crippen LogP contribution in [0.5, 0.6) is 5.75 Å². The highest BCUT2D eigenvalue weighted by Crippen LogP contribution is 2.15. The van der Waals surface area contributed by atoms with Crippen LogP contribution in [0.2, 0.25) is 0 Å². The van der Waals surface area contributed by atoms with Gasteiger partial charge in [0, 0.05) is 13.0 Å². The minimum Gasteiger partial charge on any atom is -0.508 e. The van der Waals surface area contributed by atoms with Crippen molar-refractivity contribution in [3.63, 3.8) is 0 Å². The maximum absolute atomic E-state index is 12.2. The number of rotatable bonds is 10. The van der Waals surface area contributed by atoms with Crippen molar-refractivity contribution < 1.29 is 19.4 Å². The Kier molecular flexibility index (Phi) is 8.60. The zero-order valence-corrected chi connectivity index (χ0v) is 13.9. The average molecular weight is 308 g/mol. The molecule has 0 aliphatic rings. The molecule has 0 heterocycles. The summed E-state index contributed by atoms with van der Waals surface area (Å²) < 4.78 is 11.0. The van der Waals surface area contributed by atoms with Gasteiger partial charge in [0.1, 0.15) is 5.75 Å². The molecule has 0 bridgehead atoms. The Labute approximate surface area is 133 Å². The summed E-state index contributed by atoms with van der Waals surface area (Å²) in [5.41, 5.74) is 0.863. The summed E-state index contributed by atoms with van der Waals surface area (Å²) in [6.45, 7) is 7.07. The fraction of sp³-hybridized carbons (Fsp3) is 0.611. The van der Waals surface area contributed by atoms with Crippen LogP contribution >= 0.6 is 0 Å². The summed E-state index contributed by atoms with van der Waals surface area (Å²) in [5, 5.41) is 9.53. The van der Waals surface area contributed by atoms with Gasteiger partial charge in [-0.25, -0.2) is 4.79 Å². The van der Waals surface area contributed by atoms with Gasteiger partial charge in [-0.2, -0.15) is 0 Å². The number of hydrogen-bond donors (Lipinski definition) is 1. The monoisotopic (exact) mass is 308 g/mol. The average Bonchev–Trinajstić information content (AvgIpc) is 2.48. The van der Waals surface area contributed by atoms with Gasteiger partial charge in [0.05, 0.1) is 6.61 Å². The maximum atomic E-state index is 12.2. The largest absolute Gasteiger partial charge is 0.508 e. The summed E-state index contributed by atoms with van der Waals surface area (Å²) in [6.07, 6.45) is 2.93. The van der Waals surface area contributed by atoms with E-state index in [0.717, 1.165) is 24.8 Å². The number of phenols is 1. The lowest BCUT2D eigenvalue weighted by molar-refractivity contribution is -0.158. The van der Waals surface area contributed by atoms with Crippen molar-refractivity contribution in [2.75, 3.05) is 13.2 Å². The number of ether oxygens (including phenoxy) is 2. The Balaban J connectivity index is 2.61. The van der Waals surface area contributed by atoms with Crippen molar-refractivity contribution in [3.8, 4) is 5.75 Å². The molecule has 22 heavy (non-hydrogen) atoms. The molecule has 0 radical (unpaired) electrons. The zero-order chi connectivity index (χ0) is 16.4. The molecule has 0 saturated carbocycles. The Morgan fingerprint density at radius 3 is 2.68 bits per heavy atom. The van der Waals surface area contributed by atoms with Crippen LogP contribution in [-0.2, 0) is 20.7 Å². The van der Waals surface area contributed by atoms with E-state index in [0.29, 0.717) is 25.6 Å². The lowest BCUT2D eigenvalue weighted by Gasteiger charge is -2.18. The third-order valence-corrected chi connectivity index (χ3v) is 3.22. The van der Waals surface area contributed by atoms with E-state index in [1.54, 1.807) is 18.2 Å². The summed E-state index contributed by atoms with van der Waals surface area (Å²) >= 11 is 0. The van der Waals surface area contributed by atoms with Crippen LogP contribution in [0, 0.1) is 5.92 Å². The maximum Gasteiger partial charge on any atom is 0.335 e. The predicted octanol–water partition coefficient (Wildman–Crippen LogP) is 3.71. The molecule has 0 fully saturated rings. The van der Waals surface area contributed by atoms with E-state index in [9.17, 15) is 9.90 Å². The van der Waals surface area contributed by atoms with Gasteiger partial charge in [-0.15, -0.1) is 0 Å². The van der Waals surface area contributed by atoms with Crippen LogP contribution < -0.4 is 0 Å². The zero-order valence-electron chi connectivity index (χ0n) is 13.9. The fourth-order valence-electron chi connectivity index (χ4n) is 2.03. The van der Waals surface area contributed by atoms with Crippen LogP contribution in [0.1, 0.15) is 45.6 Å². The first-order valence-electron chi connectivity index (χ1n) is 8.09. The highest BCUT2D eigenvalue weighted by Gasteiger charge is 2.21. The molecule has 0 aliphatic heterocycles. The lowest BCUT2D eigenvalue weighted by atomic mass is 10.1. The number of unbranched alkanes of at least 4 members (excludes halogenated alkanes) is 2. The highest BCUT2D eigenvalue weighted by atomic mass is 16.6. The van der Waals surface area contributed by atoms with Crippen LogP contribution in [-0.4, -0.2) is 30.4 Å². The summed E-state index contributed by atoms with van der Waals surface area (Å²) in [7, 11) is 0. The first kappa shape index (κ1) is 18.5. The molecule has 1 rings (SSSR count). The third kappa shape index (κ3) is 7.46. The van der Waals surface area contributed by atoms with Gasteiger partial charge in [0.25, 0.3) is 0 Å². The number of phenolic OH excluding ortho intramolecular Hbond substituents is 1. The molecule has 0 amide bonds. The molecular weight excluding hydrogens is 280 g/mol. The van der Waals surface area contributed by atoms with Crippen molar-refractivity contribution >= 4 is 5.97 Å². The normalized spacial score (nSPS) is 12.4. The van der Waals surface area contributed by atoms with Gasteiger partial charge >= 0.3 is 5.97 Å². The SMILES string of the molecule is CCCCCOC(Cc1cccc(O)c1)C(=O)OCC(C)C. The molecule has 0 aromatic heterocycles. The number of hydrogen-bond acceptors (Lipinski definition) is 4. The molecule has 0 aliphatic carbocycles. The molecule has 1 aromatic rings. The standard InChI is InChI=1S/C18H28O4/c1-4-5-6-10-21-17(18(20)22-13-14(2)3)12-15-8-7-9-16(19)11-15/h7-9,11,14,17,19H,4-6,10,12-13H2,1-3H3. The second-order valence-electron chi connectivity index (χ2n) is 5.96. The minimum atomic E-state index is -0.614. The number of esters is 1. The van der Waals surface area contributed by atoms with Crippen molar-refractivity contribution in [1.29, 1.82) is 0 Å². The molecule has 1 unspecified atom stereocenters. The van der Waals surface area contributed by atoms with Crippen LogP contribution in [0.25, 0.3) is 0 Å². The van der Waals surface area contributed by atoms with Crippen LogP contribution in [0.3, 0.4) is 0 Å². The number of aromatic hydroxyl groups is 1. The Morgan fingerprint density at radius 2 is 2.05 bits per heavy atom. The van der Waals surface area contributed by atoms with Crippen molar-refractivity contribution in [2.45, 2.75) is 52.6 Å². The van der Waals surface area contributed by atoms with E-state index < -0.39 is 6.10 Å². The molecule has 0 spiro atoms. The lowest BCUT2D eigenvalue weighted by Crippen LogP contribution is -2.30. The number of benzene rings is 1. The van der Waals surface area contributed by atoms with E-state index in [1.165, 1.54) is 0 Å². The van der Waals surface area contributed by atoms with Crippen molar-refractivity contribution in [1.82, 2.24) is 0 Å². The fourth-order valence-corrected chi connectivity index (χ4v) is 2.03. The van der Waals surface area contributed by atoms with Gasteiger partial charge < -0.3 is 14.6 Å². The smallest absolute Gasteiger partial charge is 0.335 e. The molecular formula is C18H28O4. The van der Waals surface area contributed by atoms with E-state index in [4.69, 9.17) is 9.47 Å². The van der Waals surface area contributed by atoms with Gasteiger partial charge in [-0.1, -0.05) is 45.7 Å². The van der Waals surface area contributed by atoms with Crippen molar-refractivity contribution in [3.05, 3.63) is 29.8 Å². The molecule has 1 atom stereocenters. The Bertz CT molecular complexity index is 442. The third-order valence-electron chi connectivity index (χ3n) is 3.22. The van der Waals surface area contributed by atoms with E-state index in [2.05, 4.69) is 6.92 Å². The summed E-state index contributed by atoms with van der Waals surface area (Å²) in [5.74, 6) is 0.164. The molecule has 0 saturated heterocycles. The second kappa shape index (κ2) is 10.2. The van der Waals surface area contributed by atoms with E-state index in [1.807, 2.05) is 19.9 Å². The van der Waals surface area contributed by atoms with Gasteiger partial charge in [-0.05, 0) is 30.0 Å². The van der Waals surface area contributed by atoms with Gasteiger partial charge in [0.2, 0.25) is 0 Å². The molecule has 4 nitrogen and oxygen atoms in total. The second-order valence-corrected chi connectivity index (χ2v) is 5.96. The topological polar surface area (TPSA) is 55.8 Å². The summed E-state index contributed by atoms with van der Waals surface area (Å²) in [4.78, 5) is 12.2. The van der Waals surface area contributed by atoms with Gasteiger partial charge in [0.15, 0.2) is 6.10 Å². The number of carbonyl (C=O) groups is 1. The molecule has 1 N–H and O–H groups in total. The highest BCUT2D eigenvalue weighted by molar-refractivity contribution is 5.75. The summed E-state index contributed by atoms with van der Waals surface area (Å²) in [6, 6.07) is 6.89. The molecule has 1 aromatic carbocycles.